The van der Waals surface area contributed by atoms with Gasteiger partial charge in [0.1, 0.15) is 5.65 Å². The highest BCUT2D eigenvalue weighted by atomic mass is 16.1. The first kappa shape index (κ1) is 18.2. The predicted molar refractivity (Wildman–Crippen MR) is 117 cm³/mol. The van der Waals surface area contributed by atoms with E-state index in [9.17, 15) is 4.79 Å². The molecule has 2 aromatic heterocycles. The minimum atomic E-state index is 0.0288. The molecule has 0 spiro atoms. The molecule has 1 aliphatic heterocycles. The first-order valence-corrected chi connectivity index (χ1v) is 10.8. The minimum absolute atomic E-state index is 0.0288. The lowest BCUT2D eigenvalue weighted by Gasteiger charge is -2.29. The van der Waals surface area contributed by atoms with Crippen molar-refractivity contribution in [3.63, 3.8) is 0 Å². The summed E-state index contributed by atoms with van der Waals surface area (Å²) in [6.07, 6.45) is 10.1. The molecule has 0 atom stereocenters. The predicted octanol–water partition coefficient (Wildman–Crippen LogP) is 4.64. The zero-order valence-corrected chi connectivity index (χ0v) is 16.7. The molecule has 29 heavy (non-hydrogen) atoms. The monoisotopic (exact) mass is 389 g/mol. The van der Waals surface area contributed by atoms with Gasteiger partial charge in [-0.1, -0.05) is 18.9 Å². The van der Waals surface area contributed by atoms with Crippen molar-refractivity contribution in [1.29, 1.82) is 0 Å². The van der Waals surface area contributed by atoms with E-state index in [2.05, 4.69) is 33.4 Å². The number of benzene rings is 1. The van der Waals surface area contributed by atoms with Crippen LogP contribution in [0.3, 0.4) is 0 Å². The normalized spacial score (nSPS) is 17.7. The van der Waals surface area contributed by atoms with Crippen LogP contribution in [0.2, 0.25) is 0 Å². The number of nitrogens with one attached hydrogen (secondary N) is 1. The highest BCUT2D eigenvalue weighted by molar-refractivity contribution is 5.76. The lowest BCUT2D eigenvalue weighted by atomic mass is 10.1. The molecule has 3 aromatic rings. The van der Waals surface area contributed by atoms with Crippen molar-refractivity contribution in [2.45, 2.75) is 51.0 Å². The summed E-state index contributed by atoms with van der Waals surface area (Å²) in [7, 11) is 0. The topological polar surface area (TPSA) is 63.1 Å². The molecule has 1 saturated heterocycles. The van der Waals surface area contributed by atoms with Crippen molar-refractivity contribution in [2.75, 3.05) is 23.3 Å². The largest absolute Gasteiger partial charge is 0.371 e. The Hall–Kier alpha value is -2.89. The summed E-state index contributed by atoms with van der Waals surface area (Å²) in [6, 6.07) is 12.1. The van der Waals surface area contributed by atoms with Crippen LogP contribution in [0.25, 0.3) is 11.0 Å². The van der Waals surface area contributed by atoms with Crippen LogP contribution in [-0.4, -0.2) is 27.6 Å². The van der Waals surface area contributed by atoms with E-state index in [0.717, 1.165) is 42.7 Å². The first-order valence-electron chi connectivity index (χ1n) is 10.8. The minimum Gasteiger partial charge on any atom is -0.371 e. The third-order valence-electron chi connectivity index (χ3n) is 6.18. The van der Waals surface area contributed by atoms with Crippen LogP contribution < -0.4 is 15.8 Å². The fourth-order valence-electron chi connectivity index (χ4n) is 4.68. The summed E-state index contributed by atoms with van der Waals surface area (Å²) >= 11 is 0. The quantitative estimate of drug-likeness (QED) is 0.704. The summed E-state index contributed by atoms with van der Waals surface area (Å²) in [6.45, 7) is 2.23. The van der Waals surface area contributed by atoms with E-state index >= 15 is 0 Å². The molecule has 2 fully saturated rings. The average molecular weight is 390 g/mol. The average Bonchev–Trinajstić information content (AvgIpc) is 3.29. The lowest BCUT2D eigenvalue weighted by molar-refractivity contribution is 0.516. The van der Waals surface area contributed by atoms with Gasteiger partial charge in [-0.3, -0.25) is 9.36 Å². The molecule has 6 nitrogen and oxygen atoms in total. The van der Waals surface area contributed by atoms with Crippen molar-refractivity contribution >= 4 is 28.4 Å². The third-order valence-corrected chi connectivity index (χ3v) is 6.18. The van der Waals surface area contributed by atoms with Gasteiger partial charge >= 0.3 is 0 Å². The van der Waals surface area contributed by atoms with E-state index in [4.69, 9.17) is 4.98 Å². The number of hydrogen-bond acceptors (Lipinski definition) is 5. The molecule has 1 aliphatic carbocycles. The van der Waals surface area contributed by atoms with E-state index in [1.165, 1.54) is 37.8 Å². The maximum Gasteiger partial charge on any atom is 0.252 e. The fraction of sp³-hybridized carbons (Fsp3) is 0.435. The summed E-state index contributed by atoms with van der Waals surface area (Å²) in [5.74, 6) is 0.533. The van der Waals surface area contributed by atoms with Gasteiger partial charge in [0, 0.05) is 48.2 Å². The van der Waals surface area contributed by atoms with E-state index in [1.807, 2.05) is 22.9 Å². The molecular formula is C23H27N5O. The Kier molecular flexibility index (Phi) is 4.92. The summed E-state index contributed by atoms with van der Waals surface area (Å²) in [5.41, 5.74) is 2.96. The molecule has 0 radical (unpaired) electrons. The number of hydrogen-bond donors (Lipinski definition) is 1. The Morgan fingerprint density at radius 2 is 1.79 bits per heavy atom. The molecule has 150 valence electrons. The molecule has 1 aromatic carbocycles. The number of fused-ring (bicyclic) bond motifs is 1. The summed E-state index contributed by atoms with van der Waals surface area (Å²) in [4.78, 5) is 24.3. The Bertz CT molecular complexity index is 1060. The molecule has 6 heteroatoms. The van der Waals surface area contributed by atoms with Gasteiger partial charge in [0.05, 0.1) is 0 Å². The Morgan fingerprint density at radius 1 is 0.966 bits per heavy atom. The van der Waals surface area contributed by atoms with Crippen LogP contribution in [0.5, 0.6) is 0 Å². The first-order chi connectivity index (χ1) is 14.3. The summed E-state index contributed by atoms with van der Waals surface area (Å²) in [5, 5.41) is 4.26. The van der Waals surface area contributed by atoms with Crippen molar-refractivity contribution in [3.05, 3.63) is 52.9 Å². The van der Waals surface area contributed by atoms with E-state index < -0.39 is 0 Å². The number of pyridine rings is 1. The van der Waals surface area contributed by atoms with Gasteiger partial charge in [-0.2, -0.15) is 4.98 Å². The summed E-state index contributed by atoms with van der Waals surface area (Å²) < 4.78 is 1.87. The van der Waals surface area contributed by atoms with Gasteiger partial charge in [-0.05, 0) is 56.4 Å². The second-order valence-corrected chi connectivity index (χ2v) is 8.18. The molecule has 3 heterocycles. The molecule has 0 bridgehead atoms. The Morgan fingerprint density at radius 3 is 2.62 bits per heavy atom. The molecular weight excluding hydrogens is 362 g/mol. The fourth-order valence-corrected chi connectivity index (χ4v) is 4.68. The maximum absolute atomic E-state index is 12.6. The lowest BCUT2D eigenvalue weighted by Crippen LogP contribution is -2.29. The second kappa shape index (κ2) is 7.85. The zero-order valence-electron chi connectivity index (χ0n) is 16.7. The number of piperidine rings is 1. The SMILES string of the molecule is O=c1ccc2cnc(Nc3cccc(N4CCCCC4)c3)nc2n1C1CCCC1. The molecule has 1 N–H and O–H groups in total. The molecule has 2 aliphatic rings. The van der Waals surface area contributed by atoms with Crippen LogP contribution in [0.15, 0.2) is 47.4 Å². The zero-order chi connectivity index (χ0) is 19.6. The highest BCUT2D eigenvalue weighted by Gasteiger charge is 2.20. The smallest absolute Gasteiger partial charge is 0.252 e. The number of anilines is 3. The van der Waals surface area contributed by atoms with Crippen LogP contribution in [0, 0.1) is 0 Å². The highest BCUT2D eigenvalue weighted by Crippen LogP contribution is 2.30. The van der Waals surface area contributed by atoms with Gasteiger partial charge < -0.3 is 10.2 Å². The van der Waals surface area contributed by atoms with Crippen LogP contribution in [0.4, 0.5) is 17.3 Å². The van der Waals surface area contributed by atoms with Crippen LogP contribution in [0.1, 0.15) is 51.0 Å². The van der Waals surface area contributed by atoms with Gasteiger partial charge in [0.2, 0.25) is 5.95 Å². The van der Waals surface area contributed by atoms with Gasteiger partial charge in [-0.15, -0.1) is 0 Å². The maximum atomic E-state index is 12.6. The second-order valence-electron chi connectivity index (χ2n) is 8.18. The van der Waals surface area contributed by atoms with Crippen LogP contribution >= 0.6 is 0 Å². The van der Waals surface area contributed by atoms with Crippen molar-refractivity contribution in [2.24, 2.45) is 0 Å². The van der Waals surface area contributed by atoms with Crippen LogP contribution in [-0.2, 0) is 0 Å². The van der Waals surface area contributed by atoms with Crippen molar-refractivity contribution < 1.29 is 0 Å². The Labute approximate surface area is 170 Å². The van der Waals surface area contributed by atoms with Gasteiger partial charge in [-0.25, -0.2) is 4.98 Å². The molecule has 0 unspecified atom stereocenters. The van der Waals surface area contributed by atoms with Gasteiger partial charge in [0.25, 0.3) is 5.56 Å². The Balaban J connectivity index is 1.46. The van der Waals surface area contributed by atoms with Gasteiger partial charge in [0.15, 0.2) is 0 Å². The molecule has 5 rings (SSSR count). The van der Waals surface area contributed by atoms with E-state index in [1.54, 1.807) is 6.07 Å². The number of nitrogens with zero attached hydrogens (tertiary/aromatic N) is 4. The van der Waals surface area contributed by atoms with E-state index in [0.29, 0.717) is 5.95 Å². The third kappa shape index (κ3) is 3.71. The standard InChI is InChI=1S/C23H27N5O/c29-21-12-11-17-16-24-23(26-22(17)28(21)19-8-2-3-9-19)25-18-7-6-10-20(15-18)27-13-4-1-5-14-27/h6-7,10-12,15-16,19H,1-5,8-9,13-14H2,(H,24,25,26). The number of aromatic nitrogens is 3. The molecule has 1 saturated carbocycles. The molecule has 0 amide bonds. The van der Waals surface area contributed by atoms with E-state index in [-0.39, 0.29) is 11.6 Å². The number of rotatable bonds is 4. The van der Waals surface area contributed by atoms with Crippen molar-refractivity contribution in [3.8, 4) is 0 Å². The van der Waals surface area contributed by atoms with Crippen molar-refractivity contribution in [1.82, 2.24) is 14.5 Å².